The second kappa shape index (κ2) is 6.98. The molecule has 0 radical (unpaired) electrons. The van der Waals surface area contributed by atoms with Crippen molar-refractivity contribution in [3.8, 4) is 5.75 Å². The van der Waals surface area contributed by atoms with Crippen molar-refractivity contribution in [2.75, 3.05) is 6.61 Å². The molecule has 21 heavy (non-hydrogen) atoms. The fraction of sp³-hybridized carbons (Fsp3) is 0.500. The zero-order chi connectivity index (χ0) is 15.4. The highest BCUT2D eigenvalue weighted by Crippen LogP contribution is 2.33. The Bertz CT molecular complexity index is 558. The van der Waals surface area contributed by atoms with Crippen molar-refractivity contribution in [2.45, 2.75) is 32.1 Å². The fourth-order valence-corrected chi connectivity index (χ4v) is 2.80. The summed E-state index contributed by atoms with van der Waals surface area (Å²) in [6, 6.07) is 1.96. The summed E-state index contributed by atoms with van der Waals surface area (Å²) in [5.41, 5.74) is -0.361. The lowest BCUT2D eigenvalue weighted by Crippen LogP contribution is -2.23. The maximum Gasteiger partial charge on any atom is 0.312 e. The molecule has 1 aliphatic carbocycles. The summed E-state index contributed by atoms with van der Waals surface area (Å²) < 4.78 is 18.7. The number of benzene rings is 1. The molecular formula is C14H15BrFNO4. The minimum atomic E-state index is -0.666. The molecule has 2 rings (SSSR count). The number of ether oxygens (including phenoxy) is 1. The third-order valence-electron chi connectivity index (χ3n) is 3.63. The highest BCUT2D eigenvalue weighted by Gasteiger charge is 2.24. The average Bonchev–Trinajstić information content (AvgIpc) is 2.48. The Labute approximate surface area is 129 Å². The third kappa shape index (κ3) is 4.00. The topological polar surface area (TPSA) is 69.4 Å². The Hall–Kier alpha value is -1.50. The maximum atomic E-state index is 13.5. The van der Waals surface area contributed by atoms with Gasteiger partial charge in [-0.25, -0.2) is 4.39 Å². The van der Waals surface area contributed by atoms with Gasteiger partial charge in [0, 0.05) is 18.1 Å². The van der Waals surface area contributed by atoms with Crippen molar-refractivity contribution in [1.29, 1.82) is 0 Å². The molecule has 0 aliphatic heterocycles. The Morgan fingerprint density at radius 2 is 2.05 bits per heavy atom. The number of nitrogens with zero attached hydrogens (tertiary/aromatic N) is 1. The molecule has 0 atom stereocenters. The molecule has 114 valence electrons. The third-order valence-corrected chi connectivity index (χ3v) is 4.24. The molecule has 0 amide bonds. The normalized spacial score (nSPS) is 15.7. The summed E-state index contributed by atoms with van der Waals surface area (Å²) in [4.78, 5) is 22.3. The summed E-state index contributed by atoms with van der Waals surface area (Å²) in [6.07, 6.45) is 4.83. The van der Waals surface area contributed by atoms with Crippen LogP contribution >= 0.6 is 15.9 Å². The highest BCUT2D eigenvalue weighted by atomic mass is 79.9. The standard InChI is InChI=1S/C14H15BrFNO4/c15-10-6-12(17(19)20)14(7-11(10)16)21-8-13(18)9-4-2-1-3-5-9/h6-7,9H,1-5,8H2. The number of carbonyl (C=O) groups excluding carboxylic acids is 1. The van der Waals surface area contributed by atoms with Gasteiger partial charge in [-0.1, -0.05) is 19.3 Å². The van der Waals surface area contributed by atoms with Gasteiger partial charge in [-0.15, -0.1) is 0 Å². The number of ketones is 1. The molecule has 0 N–H and O–H groups in total. The SMILES string of the molecule is O=C(COc1cc(F)c(Br)cc1[N+](=O)[O-])C1CCCCC1. The number of hydrogen-bond acceptors (Lipinski definition) is 4. The van der Waals surface area contributed by atoms with E-state index in [0.717, 1.165) is 44.2 Å². The van der Waals surface area contributed by atoms with E-state index in [0.29, 0.717) is 0 Å². The van der Waals surface area contributed by atoms with E-state index < -0.39 is 10.7 Å². The molecule has 0 spiro atoms. The van der Waals surface area contributed by atoms with Crippen molar-refractivity contribution in [2.24, 2.45) is 5.92 Å². The van der Waals surface area contributed by atoms with E-state index in [9.17, 15) is 19.3 Å². The van der Waals surface area contributed by atoms with E-state index >= 15 is 0 Å². The van der Waals surface area contributed by atoms with Crippen LogP contribution in [-0.4, -0.2) is 17.3 Å². The minimum Gasteiger partial charge on any atom is -0.479 e. The summed E-state index contributed by atoms with van der Waals surface area (Å²) in [7, 11) is 0. The molecule has 1 aromatic rings. The van der Waals surface area contributed by atoms with Crippen LogP contribution in [0.2, 0.25) is 0 Å². The molecule has 0 heterocycles. The molecule has 0 aromatic heterocycles. The number of nitro groups is 1. The second-order valence-corrected chi connectivity index (χ2v) is 5.94. The first-order valence-corrected chi connectivity index (χ1v) is 7.57. The second-order valence-electron chi connectivity index (χ2n) is 5.08. The molecular weight excluding hydrogens is 345 g/mol. The average molecular weight is 360 g/mol. The number of nitro benzene ring substituents is 1. The summed E-state index contributed by atoms with van der Waals surface area (Å²) >= 11 is 2.89. The van der Waals surface area contributed by atoms with Gasteiger partial charge in [0.05, 0.1) is 9.40 Å². The van der Waals surface area contributed by atoms with E-state index in [-0.39, 0.29) is 34.2 Å². The van der Waals surface area contributed by atoms with Gasteiger partial charge in [-0.3, -0.25) is 14.9 Å². The molecule has 1 aromatic carbocycles. The number of Topliss-reactive ketones (excluding diaryl/α,β-unsaturated/α-hetero) is 1. The summed E-state index contributed by atoms with van der Waals surface area (Å²) in [5.74, 6) is -1.00. The molecule has 1 aliphatic rings. The Kier molecular flexibility index (Phi) is 5.27. The predicted octanol–water partition coefficient (Wildman–Crippen LogP) is 4.02. The number of rotatable bonds is 5. The number of halogens is 2. The van der Waals surface area contributed by atoms with Gasteiger partial charge in [0.15, 0.2) is 5.78 Å². The zero-order valence-corrected chi connectivity index (χ0v) is 12.9. The molecule has 1 fully saturated rings. The lowest BCUT2D eigenvalue weighted by molar-refractivity contribution is -0.385. The number of carbonyl (C=O) groups is 1. The Balaban J connectivity index is 2.06. The summed E-state index contributed by atoms with van der Waals surface area (Å²) in [5, 5.41) is 10.9. The van der Waals surface area contributed by atoms with Crippen LogP contribution in [-0.2, 0) is 4.79 Å². The molecule has 0 saturated heterocycles. The van der Waals surface area contributed by atoms with Crippen molar-refractivity contribution in [1.82, 2.24) is 0 Å². The van der Waals surface area contributed by atoms with Crippen LogP contribution in [0.3, 0.4) is 0 Å². The van der Waals surface area contributed by atoms with Gasteiger partial charge in [-0.05, 0) is 28.8 Å². The minimum absolute atomic E-state index is 0.0137. The Morgan fingerprint density at radius 3 is 2.67 bits per heavy atom. The van der Waals surface area contributed by atoms with Crippen molar-refractivity contribution >= 4 is 27.4 Å². The van der Waals surface area contributed by atoms with Crippen LogP contribution in [0.25, 0.3) is 0 Å². The van der Waals surface area contributed by atoms with Gasteiger partial charge < -0.3 is 4.74 Å². The van der Waals surface area contributed by atoms with Crippen LogP contribution in [0.15, 0.2) is 16.6 Å². The molecule has 5 nitrogen and oxygen atoms in total. The van der Waals surface area contributed by atoms with Gasteiger partial charge >= 0.3 is 5.69 Å². The fourth-order valence-electron chi connectivity index (χ4n) is 2.47. The predicted molar refractivity (Wildman–Crippen MR) is 77.8 cm³/mol. The molecule has 0 bridgehead atoms. The molecule has 7 heteroatoms. The Morgan fingerprint density at radius 1 is 1.38 bits per heavy atom. The smallest absolute Gasteiger partial charge is 0.312 e. The first-order valence-electron chi connectivity index (χ1n) is 6.78. The van der Waals surface area contributed by atoms with E-state index in [4.69, 9.17) is 4.74 Å². The lowest BCUT2D eigenvalue weighted by atomic mass is 9.86. The number of hydrogen-bond donors (Lipinski definition) is 0. The van der Waals surface area contributed by atoms with Gasteiger partial charge in [-0.2, -0.15) is 0 Å². The first-order chi connectivity index (χ1) is 9.99. The van der Waals surface area contributed by atoms with E-state index in [1.54, 1.807) is 0 Å². The van der Waals surface area contributed by atoms with Gasteiger partial charge in [0.2, 0.25) is 5.75 Å². The van der Waals surface area contributed by atoms with E-state index in [2.05, 4.69) is 15.9 Å². The van der Waals surface area contributed by atoms with Crippen LogP contribution in [0.1, 0.15) is 32.1 Å². The van der Waals surface area contributed by atoms with Crippen LogP contribution in [0.4, 0.5) is 10.1 Å². The zero-order valence-electron chi connectivity index (χ0n) is 11.3. The van der Waals surface area contributed by atoms with Gasteiger partial charge in [0.25, 0.3) is 0 Å². The monoisotopic (exact) mass is 359 g/mol. The van der Waals surface area contributed by atoms with Crippen LogP contribution in [0, 0.1) is 21.8 Å². The molecule has 1 saturated carbocycles. The van der Waals surface area contributed by atoms with Gasteiger partial charge in [0.1, 0.15) is 12.4 Å². The van der Waals surface area contributed by atoms with E-state index in [1.165, 1.54) is 0 Å². The first kappa shape index (κ1) is 15.9. The highest BCUT2D eigenvalue weighted by molar-refractivity contribution is 9.10. The quantitative estimate of drug-likeness (QED) is 0.587. The maximum absolute atomic E-state index is 13.5. The summed E-state index contributed by atoms with van der Waals surface area (Å²) in [6.45, 7) is -0.257. The van der Waals surface area contributed by atoms with Crippen molar-refractivity contribution in [3.05, 3.63) is 32.5 Å². The van der Waals surface area contributed by atoms with Crippen molar-refractivity contribution < 1.29 is 18.8 Å². The van der Waals surface area contributed by atoms with Crippen LogP contribution in [0.5, 0.6) is 5.75 Å². The lowest BCUT2D eigenvalue weighted by Gasteiger charge is -2.20. The molecule has 0 unspecified atom stereocenters. The van der Waals surface area contributed by atoms with Crippen molar-refractivity contribution in [3.63, 3.8) is 0 Å². The van der Waals surface area contributed by atoms with Crippen LogP contribution < -0.4 is 4.74 Å². The van der Waals surface area contributed by atoms with E-state index in [1.807, 2.05) is 0 Å². The largest absolute Gasteiger partial charge is 0.479 e.